The van der Waals surface area contributed by atoms with E-state index in [9.17, 15) is 31.1 Å². The Bertz CT molecular complexity index is 1560. The number of nitrogens with one attached hydrogen (secondary N) is 1. The summed E-state index contributed by atoms with van der Waals surface area (Å²) >= 11 is 1.05. The Morgan fingerprint density at radius 1 is 1.14 bits per heavy atom. The summed E-state index contributed by atoms with van der Waals surface area (Å²) in [4.78, 5) is 21.7. The van der Waals surface area contributed by atoms with Crippen molar-refractivity contribution in [2.45, 2.75) is 37.3 Å². The number of methoxy groups -OCH3 is 1. The molecule has 0 bridgehead atoms. The van der Waals surface area contributed by atoms with E-state index >= 15 is 0 Å². The number of amidine groups is 1. The molecule has 5 rings (SSSR count). The number of allylic oxidation sites excluding steroid dienone is 1. The highest BCUT2D eigenvalue weighted by atomic mass is 32.2. The fourth-order valence-corrected chi connectivity index (χ4v) is 6.37. The molecule has 2 aliphatic rings. The van der Waals surface area contributed by atoms with Crippen LogP contribution in [-0.4, -0.2) is 77.5 Å². The van der Waals surface area contributed by atoms with E-state index in [0.29, 0.717) is 40.9 Å². The first kappa shape index (κ1) is 30.1. The fraction of sp³-hybridized carbons (Fsp3) is 0.393. The summed E-state index contributed by atoms with van der Waals surface area (Å²) in [6.45, 7) is 1.24. The van der Waals surface area contributed by atoms with E-state index in [2.05, 4.69) is 20.1 Å². The molecule has 1 N–H and O–H groups in total. The van der Waals surface area contributed by atoms with Crippen LogP contribution in [0.4, 0.5) is 26.3 Å². The molecule has 1 amide bonds. The summed E-state index contributed by atoms with van der Waals surface area (Å²) < 4.78 is 87.3. The van der Waals surface area contributed by atoms with Crippen molar-refractivity contribution >= 4 is 39.3 Å². The van der Waals surface area contributed by atoms with Gasteiger partial charge in [-0.1, -0.05) is 12.1 Å². The maximum absolute atomic E-state index is 14.0. The summed E-state index contributed by atoms with van der Waals surface area (Å²) in [6, 6.07) is 6.75. The van der Waals surface area contributed by atoms with Gasteiger partial charge in [0.05, 0.1) is 34.4 Å². The summed E-state index contributed by atoms with van der Waals surface area (Å²) in [5, 5.41) is 7.82. The molecular weight excluding hydrogens is 584 g/mol. The molecule has 0 aliphatic carbocycles. The molecule has 1 fully saturated rings. The number of H-pyrrole nitrogens is 1. The smallest absolute Gasteiger partial charge is 0.383 e. The van der Waals surface area contributed by atoms with E-state index in [1.807, 2.05) is 19.0 Å². The lowest BCUT2D eigenvalue weighted by atomic mass is 9.92. The van der Waals surface area contributed by atoms with Crippen LogP contribution in [0.3, 0.4) is 0 Å². The van der Waals surface area contributed by atoms with E-state index in [1.165, 1.54) is 6.20 Å². The predicted octanol–water partition coefficient (Wildman–Crippen LogP) is 5.83. The SMILES string of the molecule is COCC1CC(N(C)C2=NC(=O)C(=C(Cc3ccc(C(F)(F)F)cc3C(F)(F)F)c3ccc4[nH]ncc4c3)S2)CN1C. The quantitative estimate of drug-likeness (QED) is 0.279. The van der Waals surface area contributed by atoms with Crippen LogP contribution in [0, 0.1) is 0 Å². The van der Waals surface area contributed by atoms with E-state index in [1.54, 1.807) is 25.3 Å². The van der Waals surface area contributed by atoms with Gasteiger partial charge in [-0.3, -0.25) is 14.8 Å². The minimum Gasteiger partial charge on any atom is -0.383 e. The largest absolute Gasteiger partial charge is 0.416 e. The number of aliphatic imine (C=N–C) groups is 1. The number of alkyl halides is 6. The minimum absolute atomic E-state index is 0.0195. The normalized spacial score (nSPS) is 21.4. The van der Waals surface area contributed by atoms with Crippen LogP contribution in [0.5, 0.6) is 0 Å². The van der Waals surface area contributed by atoms with Crippen molar-refractivity contribution in [3.8, 4) is 0 Å². The van der Waals surface area contributed by atoms with Gasteiger partial charge in [0.25, 0.3) is 5.91 Å². The first-order valence-corrected chi connectivity index (χ1v) is 13.7. The molecule has 2 aromatic carbocycles. The van der Waals surface area contributed by atoms with Crippen molar-refractivity contribution in [1.29, 1.82) is 0 Å². The number of hydrogen-bond donors (Lipinski definition) is 1. The molecule has 0 spiro atoms. The van der Waals surface area contributed by atoms with Crippen molar-refractivity contribution in [2.24, 2.45) is 4.99 Å². The number of carbonyl (C=O) groups excluding carboxylic acids is 1. The summed E-state index contributed by atoms with van der Waals surface area (Å²) in [6.07, 6.45) is -8.15. The van der Waals surface area contributed by atoms with Gasteiger partial charge in [-0.25, -0.2) is 0 Å². The van der Waals surface area contributed by atoms with Gasteiger partial charge in [-0.2, -0.15) is 36.4 Å². The number of likely N-dealkylation sites (N-methyl/N-ethyl adjacent to an activating group) is 2. The highest BCUT2D eigenvalue weighted by Gasteiger charge is 2.40. The zero-order valence-corrected chi connectivity index (χ0v) is 23.6. The second-order valence-electron chi connectivity index (χ2n) is 10.4. The number of likely N-dealkylation sites (tertiary alicyclic amines) is 1. The Kier molecular flexibility index (Phi) is 8.16. The molecule has 3 aromatic rings. The molecule has 1 aromatic heterocycles. The topological polar surface area (TPSA) is 73.8 Å². The number of amides is 1. The molecule has 1 saturated heterocycles. The van der Waals surface area contributed by atoms with Gasteiger partial charge in [0.2, 0.25) is 0 Å². The lowest BCUT2D eigenvalue weighted by molar-refractivity contribution is -0.143. The van der Waals surface area contributed by atoms with Crippen molar-refractivity contribution < 1.29 is 35.9 Å². The number of rotatable bonds is 6. The third-order valence-corrected chi connectivity index (χ3v) is 8.82. The number of fused-ring (bicyclic) bond motifs is 1. The van der Waals surface area contributed by atoms with Gasteiger partial charge in [0.1, 0.15) is 0 Å². The zero-order chi connectivity index (χ0) is 30.4. The maximum atomic E-state index is 14.0. The van der Waals surface area contributed by atoms with Crippen molar-refractivity contribution in [1.82, 2.24) is 20.0 Å². The minimum atomic E-state index is -5.05. The summed E-state index contributed by atoms with van der Waals surface area (Å²) in [7, 11) is 5.41. The lowest BCUT2D eigenvalue weighted by Gasteiger charge is -2.25. The molecule has 2 atom stereocenters. The fourth-order valence-electron chi connectivity index (χ4n) is 5.32. The molecule has 14 heteroatoms. The van der Waals surface area contributed by atoms with Gasteiger partial charge in [0.15, 0.2) is 5.17 Å². The van der Waals surface area contributed by atoms with Gasteiger partial charge in [-0.05, 0) is 72.6 Å². The molecular formula is C28H27F6N5O2S. The molecule has 0 radical (unpaired) electrons. The van der Waals surface area contributed by atoms with E-state index < -0.39 is 35.8 Å². The van der Waals surface area contributed by atoms with Crippen LogP contribution in [0.25, 0.3) is 16.5 Å². The molecule has 42 heavy (non-hydrogen) atoms. The molecule has 3 heterocycles. The van der Waals surface area contributed by atoms with E-state index in [-0.39, 0.29) is 34.2 Å². The van der Waals surface area contributed by atoms with Gasteiger partial charge in [-0.15, -0.1) is 0 Å². The monoisotopic (exact) mass is 611 g/mol. The second-order valence-corrected chi connectivity index (χ2v) is 11.4. The number of aromatic nitrogens is 2. The Morgan fingerprint density at radius 3 is 2.60 bits per heavy atom. The van der Waals surface area contributed by atoms with E-state index in [4.69, 9.17) is 4.74 Å². The summed E-state index contributed by atoms with van der Waals surface area (Å²) in [5.74, 6) is -0.621. The average Bonchev–Trinajstić information content (AvgIpc) is 3.64. The van der Waals surface area contributed by atoms with Gasteiger partial charge in [0, 0.05) is 38.2 Å². The number of carbonyl (C=O) groups is 1. The third kappa shape index (κ3) is 6.06. The van der Waals surface area contributed by atoms with Crippen LogP contribution in [-0.2, 0) is 28.3 Å². The molecule has 0 saturated carbocycles. The number of thioether (sulfide) groups is 1. The summed E-state index contributed by atoms with van der Waals surface area (Å²) in [5.41, 5.74) is -1.86. The second kappa shape index (κ2) is 11.4. The Morgan fingerprint density at radius 2 is 1.90 bits per heavy atom. The number of aromatic amines is 1. The Labute approximate surface area is 241 Å². The molecule has 2 unspecified atom stereocenters. The highest BCUT2D eigenvalue weighted by Crippen LogP contribution is 2.42. The number of hydrogen-bond acceptors (Lipinski definition) is 6. The maximum Gasteiger partial charge on any atom is 0.416 e. The standard InChI is InChI=1S/C28H27F6N5O2S/c1-38-13-19(11-20(38)14-41-3)39(2)26-36-25(40)24(42-26)21(15-5-7-23-17(8-15)12-35-37-23)9-16-4-6-18(27(29,30)31)10-22(16)28(32,33)34/h4-8,10,12,19-20H,9,11,13-14H2,1-3H3,(H,35,37). The average molecular weight is 612 g/mol. The predicted molar refractivity (Wildman–Crippen MR) is 148 cm³/mol. The van der Waals surface area contributed by atoms with Crippen molar-refractivity contribution in [2.75, 3.05) is 34.4 Å². The van der Waals surface area contributed by atoms with Crippen LogP contribution < -0.4 is 0 Å². The van der Waals surface area contributed by atoms with Crippen LogP contribution in [0.15, 0.2) is 52.5 Å². The van der Waals surface area contributed by atoms with Gasteiger partial charge < -0.3 is 9.64 Å². The third-order valence-electron chi connectivity index (χ3n) is 7.63. The number of nitrogens with zero attached hydrogens (tertiary/aromatic N) is 4. The number of benzene rings is 2. The molecule has 224 valence electrons. The molecule has 2 aliphatic heterocycles. The van der Waals surface area contributed by atoms with E-state index in [0.717, 1.165) is 24.2 Å². The first-order valence-electron chi connectivity index (χ1n) is 12.9. The zero-order valence-electron chi connectivity index (χ0n) is 22.8. The number of ether oxygens (including phenoxy) is 1. The Balaban J connectivity index is 1.55. The van der Waals surface area contributed by atoms with Crippen molar-refractivity contribution in [3.05, 3.63) is 69.8 Å². The van der Waals surface area contributed by atoms with Crippen LogP contribution >= 0.6 is 11.8 Å². The molecule has 7 nitrogen and oxygen atoms in total. The first-order chi connectivity index (χ1) is 19.8. The van der Waals surface area contributed by atoms with Gasteiger partial charge >= 0.3 is 12.4 Å². The van der Waals surface area contributed by atoms with Crippen LogP contribution in [0.1, 0.15) is 28.7 Å². The lowest BCUT2D eigenvalue weighted by Crippen LogP contribution is -2.36. The van der Waals surface area contributed by atoms with Crippen molar-refractivity contribution in [3.63, 3.8) is 0 Å². The Hall–Kier alpha value is -3.36. The highest BCUT2D eigenvalue weighted by molar-refractivity contribution is 8.18. The van der Waals surface area contributed by atoms with Crippen LogP contribution in [0.2, 0.25) is 0 Å². The number of halogens is 6.